The van der Waals surface area contributed by atoms with Crippen molar-refractivity contribution in [1.29, 1.82) is 0 Å². The lowest BCUT2D eigenvalue weighted by Crippen LogP contribution is -2.60. The number of rotatable bonds is 0. The molecule has 4 heterocycles. The molecule has 0 N–H and O–H groups in total. The summed E-state index contributed by atoms with van der Waals surface area (Å²) in [6.07, 6.45) is 2.25. The van der Waals surface area contributed by atoms with Gasteiger partial charge in [-0.1, -0.05) is 0 Å². The van der Waals surface area contributed by atoms with Crippen LogP contribution in [0.25, 0.3) is 0 Å². The number of nitrogens with zero attached hydrogens (tertiary/aromatic N) is 2. The molecule has 0 aromatic carbocycles. The van der Waals surface area contributed by atoms with Crippen LogP contribution >= 0.6 is 0 Å². The summed E-state index contributed by atoms with van der Waals surface area (Å²) >= 11 is 0. The molecule has 1 atom stereocenters. The molecule has 1 amide bonds. The van der Waals surface area contributed by atoms with Gasteiger partial charge in [-0.05, 0) is 25.9 Å². The summed E-state index contributed by atoms with van der Waals surface area (Å²) in [6.45, 7) is 4.11. The molecule has 4 fully saturated rings. The first-order valence-corrected chi connectivity index (χ1v) is 5.36. The van der Waals surface area contributed by atoms with Crippen molar-refractivity contribution in [2.75, 3.05) is 33.2 Å². The fourth-order valence-corrected chi connectivity index (χ4v) is 3.17. The van der Waals surface area contributed by atoms with E-state index in [2.05, 4.69) is 4.90 Å². The van der Waals surface area contributed by atoms with Gasteiger partial charge in [0.15, 0.2) is 0 Å². The van der Waals surface area contributed by atoms with Gasteiger partial charge >= 0.3 is 6.09 Å². The van der Waals surface area contributed by atoms with E-state index in [4.69, 9.17) is 4.74 Å². The number of ether oxygens (including phenoxy) is 1. The average molecular weight is 196 g/mol. The molecule has 78 valence electrons. The van der Waals surface area contributed by atoms with Gasteiger partial charge in [0.05, 0.1) is 6.54 Å². The summed E-state index contributed by atoms with van der Waals surface area (Å²) < 4.78 is 5.58. The Bertz CT molecular complexity index is 273. The standard InChI is InChI=1S/C10H16N2O2/c1-11-6-10(14-9(11)13)7-12-4-2-8(10)3-5-12/h8H,2-7H2,1H3. The maximum atomic E-state index is 11.4. The van der Waals surface area contributed by atoms with Crippen LogP contribution in [0.4, 0.5) is 4.79 Å². The fraction of sp³-hybridized carbons (Fsp3) is 0.900. The Hall–Kier alpha value is -0.770. The van der Waals surface area contributed by atoms with Crippen LogP contribution in [0.3, 0.4) is 0 Å². The summed E-state index contributed by atoms with van der Waals surface area (Å²) in [5.41, 5.74) is -0.164. The minimum absolute atomic E-state index is 0.140. The van der Waals surface area contributed by atoms with Gasteiger partial charge in [-0.15, -0.1) is 0 Å². The third-order valence-corrected chi connectivity index (χ3v) is 3.93. The van der Waals surface area contributed by atoms with Gasteiger partial charge in [0.1, 0.15) is 5.60 Å². The predicted octanol–water partition coefficient (Wildman–Crippen LogP) is 0.533. The maximum Gasteiger partial charge on any atom is 0.410 e. The molecule has 4 aliphatic rings. The van der Waals surface area contributed by atoms with Crippen LogP contribution in [0.5, 0.6) is 0 Å². The zero-order valence-corrected chi connectivity index (χ0v) is 8.53. The number of fused-ring (bicyclic) bond motifs is 2. The Morgan fingerprint density at radius 3 is 2.50 bits per heavy atom. The van der Waals surface area contributed by atoms with Crippen molar-refractivity contribution in [1.82, 2.24) is 9.80 Å². The van der Waals surface area contributed by atoms with Crippen LogP contribution in [-0.2, 0) is 4.74 Å². The molecule has 0 aliphatic carbocycles. The third kappa shape index (κ3) is 1.00. The van der Waals surface area contributed by atoms with Crippen LogP contribution < -0.4 is 0 Å². The van der Waals surface area contributed by atoms with E-state index < -0.39 is 0 Å². The number of likely N-dealkylation sites (N-methyl/N-ethyl adjacent to an activating group) is 1. The van der Waals surface area contributed by atoms with Crippen molar-refractivity contribution >= 4 is 6.09 Å². The molecular formula is C10H16N2O2. The van der Waals surface area contributed by atoms with Crippen LogP contribution in [0.1, 0.15) is 12.8 Å². The molecule has 0 aromatic heterocycles. The third-order valence-electron chi connectivity index (χ3n) is 3.93. The summed E-state index contributed by atoms with van der Waals surface area (Å²) in [6, 6.07) is 0. The van der Waals surface area contributed by atoms with Crippen LogP contribution in [0.2, 0.25) is 0 Å². The lowest BCUT2D eigenvalue weighted by atomic mass is 9.75. The minimum atomic E-state index is -0.164. The molecule has 4 heteroatoms. The number of amides is 1. The Balaban J connectivity index is 1.87. The fourth-order valence-electron chi connectivity index (χ4n) is 3.17. The van der Waals surface area contributed by atoms with Crippen molar-refractivity contribution in [3.05, 3.63) is 0 Å². The molecule has 4 saturated heterocycles. The lowest BCUT2D eigenvalue weighted by molar-refractivity contribution is -0.0890. The second-order valence-corrected chi connectivity index (χ2v) is 4.84. The first kappa shape index (κ1) is 8.53. The van der Waals surface area contributed by atoms with Crippen molar-refractivity contribution in [2.45, 2.75) is 18.4 Å². The zero-order valence-electron chi connectivity index (χ0n) is 8.53. The van der Waals surface area contributed by atoms with E-state index in [9.17, 15) is 4.79 Å². The molecule has 4 nitrogen and oxygen atoms in total. The van der Waals surface area contributed by atoms with Gasteiger partial charge in [-0.3, -0.25) is 4.90 Å². The summed E-state index contributed by atoms with van der Waals surface area (Å²) in [5.74, 6) is 0.599. The van der Waals surface area contributed by atoms with E-state index in [1.165, 1.54) is 25.9 Å². The topological polar surface area (TPSA) is 32.8 Å². The second-order valence-electron chi connectivity index (χ2n) is 4.84. The predicted molar refractivity (Wildman–Crippen MR) is 51.0 cm³/mol. The van der Waals surface area contributed by atoms with Gasteiger partial charge in [0.2, 0.25) is 0 Å². The summed E-state index contributed by atoms with van der Waals surface area (Å²) in [4.78, 5) is 15.5. The van der Waals surface area contributed by atoms with Gasteiger partial charge < -0.3 is 9.64 Å². The quantitative estimate of drug-likeness (QED) is 0.566. The van der Waals surface area contributed by atoms with Gasteiger partial charge in [0.25, 0.3) is 0 Å². The first-order chi connectivity index (χ1) is 6.70. The highest BCUT2D eigenvalue weighted by atomic mass is 16.6. The van der Waals surface area contributed by atoms with E-state index in [0.29, 0.717) is 5.92 Å². The smallest absolute Gasteiger partial charge is 0.410 e. The Kier molecular flexibility index (Phi) is 1.60. The van der Waals surface area contributed by atoms with Crippen molar-refractivity contribution in [3.63, 3.8) is 0 Å². The highest BCUT2D eigenvalue weighted by Gasteiger charge is 2.54. The number of carbonyl (C=O) groups excluding carboxylic acids is 1. The molecule has 4 rings (SSSR count). The van der Waals surface area contributed by atoms with Gasteiger partial charge in [-0.2, -0.15) is 0 Å². The van der Waals surface area contributed by atoms with E-state index >= 15 is 0 Å². The van der Waals surface area contributed by atoms with Gasteiger partial charge in [0, 0.05) is 19.5 Å². The Morgan fingerprint density at radius 2 is 2.07 bits per heavy atom. The Labute approximate surface area is 83.8 Å². The number of hydrogen-bond acceptors (Lipinski definition) is 3. The second kappa shape index (κ2) is 2.63. The highest BCUT2D eigenvalue weighted by Crippen LogP contribution is 2.41. The molecular weight excluding hydrogens is 180 g/mol. The summed E-state index contributed by atoms with van der Waals surface area (Å²) in [5, 5.41) is 0. The molecule has 2 bridgehead atoms. The molecule has 4 aliphatic heterocycles. The number of carbonyl (C=O) groups is 1. The van der Waals surface area contributed by atoms with Crippen LogP contribution in [0, 0.1) is 5.92 Å². The van der Waals surface area contributed by atoms with Crippen LogP contribution in [0.15, 0.2) is 0 Å². The van der Waals surface area contributed by atoms with Gasteiger partial charge in [-0.25, -0.2) is 4.79 Å². The highest BCUT2D eigenvalue weighted by molar-refractivity contribution is 5.70. The van der Waals surface area contributed by atoms with E-state index in [0.717, 1.165) is 13.1 Å². The van der Waals surface area contributed by atoms with E-state index in [1.54, 1.807) is 4.90 Å². The van der Waals surface area contributed by atoms with Crippen molar-refractivity contribution in [3.8, 4) is 0 Å². The normalized spacial score (nSPS) is 46.1. The number of piperidine rings is 3. The number of hydrogen-bond donors (Lipinski definition) is 0. The van der Waals surface area contributed by atoms with Crippen molar-refractivity contribution in [2.24, 2.45) is 5.92 Å². The monoisotopic (exact) mass is 196 g/mol. The minimum Gasteiger partial charge on any atom is -0.439 e. The molecule has 0 aromatic rings. The SMILES string of the molecule is CN1CC2(CN3CCC2CC3)OC1=O. The lowest BCUT2D eigenvalue weighted by Gasteiger charge is -2.49. The molecule has 14 heavy (non-hydrogen) atoms. The zero-order chi connectivity index (χ0) is 9.76. The first-order valence-electron chi connectivity index (χ1n) is 5.36. The molecule has 1 spiro atoms. The van der Waals surface area contributed by atoms with E-state index in [1.807, 2.05) is 7.05 Å². The largest absolute Gasteiger partial charge is 0.439 e. The van der Waals surface area contributed by atoms with Crippen molar-refractivity contribution < 1.29 is 9.53 Å². The average Bonchev–Trinajstić information content (AvgIpc) is 2.43. The van der Waals surface area contributed by atoms with E-state index in [-0.39, 0.29) is 11.7 Å². The molecule has 0 saturated carbocycles. The molecule has 0 radical (unpaired) electrons. The van der Waals surface area contributed by atoms with Crippen LogP contribution in [-0.4, -0.2) is 54.7 Å². The summed E-state index contributed by atoms with van der Waals surface area (Å²) in [7, 11) is 1.83. The maximum absolute atomic E-state index is 11.4. The Morgan fingerprint density at radius 1 is 1.36 bits per heavy atom. The molecule has 1 unspecified atom stereocenters.